The number of tetrazole rings is 1. The fourth-order valence-corrected chi connectivity index (χ4v) is 5.66. The van der Waals surface area contributed by atoms with Gasteiger partial charge in [-0.2, -0.15) is 0 Å². The Morgan fingerprint density at radius 3 is 2.51 bits per heavy atom. The standard InChI is InChI=1S/C29H35FN6O/c1-4-26(28-32-33-34-36(28)24-8-6-5-7-9-24)35(17-21-12-14-23(30)15-13-21)18-22-16-25-19(2)10-11-20(3)27(25)31-29(22)37/h10-16,24,26H,4-9,17-18H2,1-3H3,(H,31,37). The van der Waals surface area contributed by atoms with Crippen LogP contribution in [0, 0.1) is 19.7 Å². The maximum atomic E-state index is 13.7. The van der Waals surface area contributed by atoms with Crippen LogP contribution in [0.1, 0.15) is 85.6 Å². The van der Waals surface area contributed by atoms with Gasteiger partial charge >= 0.3 is 0 Å². The van der Waals surface area contributed by atoms with Crippen LogP contribution in [-0.2, 0) is 13.1 Å². The lowest BCUT2D eigenvalue weighted by atomic mass is 9.95. The molecule has 1 saturated carbocycles. The van der Waals surface area contributed by atoms with Gasteiger partial charge in [0.1, 0.15) is 5.82 Å². The first-order valence-electron chi connectivity index (χ1n) is 13.3. The van der Waals surface area contributed by atoms with E-state index < -0.39 is 0 Å². The number of hydrogen-bond acceptors (Lipinski definition) is 5. The SMILES string of the molecule is CCC(c1nnnn1C1CCCCC1)N(Cc1ccc(F)cc1)Cc1cc2c(C)ccc(C)c2[nH]c1=O. The third kappa shape index (κ3) is 5.34. The Balaban J connectivity index is 1.55. The smallest absolute Gasteiger partial charge is 0.252 e. The number of aryl methyl sites for hydroxylation is 2. The van der Waals surface area contributed by atoms with Gasteiger partial charge in [0, 0.05) is 24.0 Å². The molecule has 194 valence electrons. The molecule has 1 atom stereocenters. The molecule has 0 saturated heterocycles. The van der Waals surface area contributed by atoms with Crippen molar-refractivity contribution >= 4 is 10.9 Å². The average Bonchev–Trinajstić information content (AvgIpc) is 3.39. The zero-order valence-electron chi connectivity index (χ0n) is 21.9. The Morgan fingerprint density at radius 1 is 1.05 bits per heavy atom. The van der Waals surface area contributed by atoms with Crippen molar-refractivity contribution in [3.63, 3.8) is 0 Å². The van der Waals surface area contributed by atoms with Gasteiger partial charge in [0.15, 0.2) is 5.82 Å². The van der Waals surface area contributed by atoms with Gasteiger partial charge in [-0.1, -0.05) is 50.5 Å². The van der Waals surface area contributed by atoms with Crippen LogP contribution >= 0.6 is 0 Å². The third-order valence-corrected chi connectivity index (χ3v) is 7.76. The molecule has 1 aliphatic carbocycles. The molecule has 0 amide bonds. The number of nitrogens with one attached hydrogen (secondary N) is 1. The molecule has 0 bridgehead atoms. The summed E-state index contributed by atoms with van der Waals surface area (Å²) < 4.78 is 15.7. The van der Waals surface area contributed by atoms with Crippen molar-refractivity contribution in [2.45, 2.75) is 84.5 Å². The van der Waals surface area contributed by atoms with Crippen molar-refractivity contribution in [1.82, 2.24) is 30.1 Å². The first kappa shape index (κ1) is 25.3. The largest absolute Gasteiger partial charge is 0.321 e. The monoisotopic (exact) mass is 502 g/mol. The molecule has 1 unspecified atom stereocenters. The van der Waals surface area contributed by atoms with Gasteiger partial charge in [-0.15, -0.1) is 5.10 Å². The molecule has 1 fully saturated rings. The van der Waals surface area contributed by atoms with E-state index in [1.54, 1.807) is 12.1 Å². The van der Waals surface area contributed by atoms with Crippen molar-refractivity contribution in [3.05, 3.63) is 86.7 Å². The number of benzene rings is 2. The van der Waals surface area contributed by atoms with Crippen molar-refractivity contribution in [1.29, 1.82) is 0 Å². The summed E-state index contributed by atoms with van der Waals surface area (Å²) in [5.41, 5.74) is 4.63. The highest BCUT2D eigenvalue weighted by Crippen LogP contribution is 2.33. The summed E-state index contributed by atoms with van der Waals surface area (Å²) in [5, 5.41) is 14.0. The molecule has 8 heteroatoms. The Hall–Kier alpha value is -3.39. The van der Waals surface area contributed by atoms with Gasteiger partial charge < -0.3 is 4.98 Å². The van der Waals surface area contributed by atoms with Crippen LogP contribution in [0.5, 0.6) is 0 Å². The van der Waals surface area contributed by atoms with Gasteiger partial charge in [-0.25, -0.2) is 9.07 Å². The summed E-state index contributed by atoms with van der Waals surface area (Å²) in [6.45, 7) is 7.16. The van der Waals surface area contributed by atoms with Crippen molar-refractivity contribution in [2.24, 2.45) is 0 Å². The Bertz CT molecular complexity index is 1420. The minimum absolute atomic E-state index is 0.0907. The quantitative estimate of drug-likeness (QED) is 0.323. The van der Waals surface area contributed by atoms with E-state index in [1.165, 1.54) is 31.4 Å². The molecule has 2 aromatic carbocycles. The lowest BCUT2D eigenvalue weighted by molar-refractivity contribution is 0.155. The lowest BCUT2D eigenvalue weighted by Gasteiger charge is -2.32. The Kier molecular flexibility index (Phi) is 7.46. The fourth-order valence-electron chi connectivity index (χ4n) is 5.66. The van der Waals surface area contributed by atoms with Crippen molar-refractivity contribution in [3.8, 4) is 0 Å². The minimum Gasteiger partial charge on any atom is -0.321 e. The van der Waals surface area contributed by atoms with Gasteiger partial charge in [0.25, 0.3) is 5.56 Å². The van der Waals surface area contributed by atoms with E-state index in [4.69, 9.17) is 0 Å². The number of nitrogens with zero attached hydrogens (tertiary/aromatic N) is 5. The molecule has 5 rings (SSSR count). The van der Waals surface area contributed by atoms with Crippen LogP contribution in [0.2, 0.25) is 0 Å². The predicted octanol–water partition coefficient (Wildman–Crippen LogP) is 5.93. The molecule has 0 aliphatic heterocycles. The normalized spacial score (nSPS) is 15.5. The maximum absolute atomic E-state index is 13.7. The molecule has 7 nitrogen and oxygen atoms in total. The van der Waals surface area contributed by atoms with Crippen LogP contribution in [0.15, 0.2) is 47.3 Å². The molecule has 2 heterocycles. The number of pyridine rings is 1. The molecule has 1 N–H and O–H groups in total. The highest BCUT2D eigenvalue weighted by molar-refractivity contribution is 5.85. The molecular weight excluding hydrogens is 467 g/mol. The van der Waals surface area contributed by atoms with Crippen LogP contribution in [0.25, 0.3) is 10.9 Å². The molecular formula is C29H35FN6O. The number of rotatable bonds is 8. The fraction of sp³-hybridized carbons (Fsp3) is 0.448. The summed E-state index contributed by atoms with van der Waals surface area (Å²) in [5.74, 6) is 0.571. The summed E-state index contributed by atoms with van der Waals surface area (Å²) in [6, 6.07) is 12.9. The lowest BCUT2D eigenvalue weighted by Crippen LogP contribution is -2.33. The second kappa shape index (κ2) is 10.9. The summed E-state index contributed by atoms with van der Waals surface area (Å²) in [6.07, 6.45) is 6.56. The topological polar surface area (TPSA) is 79.7 Å². The van der Waals surface area contributed by atoms with Gasteiger partial charge in [-0.3, -0.25) is 9.69 Å². The Morgan fingerprint density at radius 2 is 1.78 bits per heavy atom. The maximum Gasteiger partial charge on any atom is 0.252 e. The highest BCUT2D eigenvalue weighted by Gasteiger charge is 2.29. The van der Waals surface area contributed by atoms with Crippen LogP contribution in [0.4, 0.5) is 4.39 Å². The van der Waals surface area contributed by atoms with Crippen LogP contribution in [0.3, 0.4) is 0 Å². The second-order valence-corrected chi connectivity index (χ2v) is 10.3. The average molecular weight is 503 g/mol. The molecule has 0 radical (unpaired) electrons. The van der Waals surface area contributed by atoms with Crippen LogP contribution < -0.4 is 5.56 Å². The number of H-pyrrole nitrogens is 1. The van der Waals surface area contributed by atoms with Gasteiger partial charge in [-0.05, 0) is 78.4 Å². The summed E-state index contributed by atoms with van der Waals surface area (Å²) in [4.78, 5) is 18.6. The number of aromatic nitrogens is 5. The van der Waals surface area contributed by atoms with E-state index in [2.05, 4.69) is 45.3 Å². The zero-order chi connectivity index (χ0) is 25.9. The van der Waals surface area contributed by atoms with E-state index in [0.29, 0.717) is 24.7 Å². The molecule has 4 aromatic rings. The van der Waals surface area contributed by atoms with Gasteiger partial charge in [0.2, 0.25) is 0 Å². The Labute approximate surface area is 216 Å². The zero-order valence-corrected chi connectivity index (χ0v) is 21.9. The van der Waals surface area contributed by atoms with Crippen molar-refractivity contribution < 1.29 is 4.39 Å². The first-order valence-corrected chi connectivity index (χ1v) is 13.3. The van der Waals surface area contributed by atoms with E-state index in [-0.39, 0.29) is 17.4 Å². The van der Waals surface area contributed by atoms with E-state index in [9.17, 15) is 9.18 Å². The van der Waals surface area contributed by atoms with Crippen LogP contribution in [-0.4, -0.2) is 30.1 Å². The van der Waals surface area contributed by atoms with E-state index in [0.717, 1.165) is 52.7 Å². The molecule has 2 aromatic heterocycles. The highest BCUT2D eigenvalue weighted by atomic mass is 19.1. The number of fused-ring (bicyclic) bond motifs is 1. The van der Waals surface area contributed by atoms with Gasteiger partial charge in [0.05, 0.1) is 17.6 Å². The molecule has 37 heavy (non-hydrogen) atoms. The first-order chi connectivity index (χ1) is 17.9. The molecule has 1 aliphatic rings. The van der Waals surface area contributed by atoms with Crippen molar-refractivity contribution in [2.75, 3.05) is 0 Å². The number of hydrogen-bond donors (Lipinski definition) is 1. The number of halogens is 1. The summed E-state index contributed by atoms with van der Waals surface area (Å²) in [7, 11) is 0. The minimum atomic E-state index is -0.264. The predicted molar refractivity (Wildman–Crippen MR) is 143 cm³/mol. The van der Waals surface area contributed by atoms with E-state index in [1.807, 2.05) is 23.7 Å². The van der Waals surface area contributed by atoms with E-state index >= 15 is 0 Å². The molecule has 0 spiro atoms. The summed E-state index contributed by atoms with van der Waals surface area (Å²) >= 11 is 0. The third-order valence-electron chi connectivity index (χ3n) is 7.76. The number of aromatic amines is 1. The second-order valence-electron chi connectivity index (χ2n) is 10.3.